The zero-order chi connectivity index (χ0) is 13.8. The third kappa shape index (κ3) is 3.61. The molecule has 0 saturated heterocycles. The van der Waals surface area contributed by atoms with Gasteiger partial charge in [0.2, 0.25) is 5.88 Å². The highest BCUT2D eigenvalue weighted by atomic mass is 19.1. The van der Waals surface area contributed by atoms with Crippen LogP contribution in [0.15, 0.2) is 24.3 Å². The van der Waals surface area contributed by atoms with Crippen LogP contribution in [0.2, 0.25) is 0 Å². The van der Waals surface area contributed by atoms with Crippen LogP contribution in [0.1, 0.15) is 12.7 Å². The summed E-state index contributed by atoms with van der Waals surface area (Å²) >= 11 is 0. The average Bonchev–Trinajstić information content (AvgIpc) is 2.26. The maximum atomic E-state index is 13.0. The third-order valence-electron chi connectivity index (χ3n) is 2.23. The molecule has 4 nitrogen and oxygen atoms in total. The number of rotatable bonds is 4. The third-order valence-corrected chi connectivity index (χ3v) is 2.23. The molecule has 1 aromatic carbocycles. The van der Waals surface area contributed by atoms with Gasteiger partial charge in [-0.05, 0) is 13.8 Å². The second kappa shape index (κ2) is 5.60. The van der Waals surface area contributed by atoms with Gasteiger partial charge in [-0.25, -0.2) is 13.8 Å². The van der Waals surface area contributed by atoms with E-state index in [1.54, 1.807) is 13.0 Å². The standard InChI is InChI=1S/C13H13F2N3O/c1-3-16-12-7-13(18-8(2)17-12)19-11-5-9(14)4-10(15)6-11/h4-7H,3H2,1-2H3,(H,16,17,18). The molecule has 2 rings (SSSR count). The highest BCUT2D eigenvalue weighted by molar-refractivity contribution is 5.40. The van der Waals surface area contributed by atoms with E-state index in [2.05, 4.69) is 15.3 Å². The number of aromatic nitrogens is 2. The van der Waals surface area contributed by atoms with Crippen molar-refractivity contribution in [2.24, 2.45) is 0 Å². The van der Waals surface area contributed by atoms with Crippen molar-refractivity contribution in [1.29, 1.82) is 0 Å². The fraction of sp³-hybridized carbons (Fsp3) is 0.231. The number of nitrogens with one attached hydrogen (secondary N) is 1. The molecular weight excluding hydrogens is 252 g/mol. The van der Waals surface area contributed by atoms with Crippen molar-refractivity contribution in [1.82, 2.24) is 9.97 Å². The van der Waals surface area contributed by atoms with Crippen molar-refractivity contribution >= 4 is 5.82 Å². The van der Waals surface area contributed by atoms with E-state index in [-0.39, 0.29) is 11.6 Å². The van der Waals surface area contributed by atoms with Crippen LogP contribution in [0, 0.1) is 18.6 Å². The van der Waals surface area contributed by atoms with E-state index in [9.17, 15) is 8.78 Å². The molecule has 1 heterocycles. The van der Waals surface area contributed by atoms with Crippen molar-refractivity contribution in [2.75, 3.05) is 11.9 Å². The summed E-state index contributed by atoms with van der Waals surface area (Å²) in [6.07, 6.45) is 0. The van der Waals surface area contributed by atoms with Gasteiger partial charge in [0.25, 0.3) is 0 Å². The molecule has 0 fully saturated rings. The number of benzene rings is 1. The molecule has 0 aliphatic carbocycles. The predicted molar refractivity (Wildman–Crippen MR) is 67.4 cm³/mol. The maximum Gasteiger partial charge on any atom is 0.224 e. The smallest absolute Gasteiger partial charge is 0.224 e. The molecule has 0 aliphatic heterocycles. The van der Waals surface area contributed by atoms with Crippen LogP contribution in [0.4, 0.5) is 14.6 Å². The Labute approximate surface area is 109 Å². The van der Waals surface area contributed by atoms with E-state index in [4.69, 9.17) is 4.74 Å². The van der Waals surface area contributed by atoms with Crippen LogP contribution in [0.25, 0.3) is 0 Å². The summed E-state index contributed by atoms with van der Waals surface area (Å²) in [5, 5.41) is 3.02. The molecule has 0 aliphatic rings. The SMILES string of the molecule is CCNc1cc(Oc2cc(F)cc(F)c2)nc(C)n1. The summed E-state index contributed by atoms with van der Waals surface area (Å²) in [6, 6.07) is 4.53. The topological polar surface area (TPSA) is 47.0 Å². The lowest BCUT2D eigenvalue weighted by molar-refractivity contribution is 0.449. The van der Waals surface area contributed by atoms with E-state index in [1.807, 2.05) is 6.92 Å². The molecule has 0 spiro atoms. The molecule has 100 valence electrons. The van der Waals surface area contributed by atoms with Crippen molar-refractivity contribution in [3.63, 3.8) is 0 Å². The Morgan fingerprint density at radius 1 is 1.11 bits per heavy atom. The summed E-state index contributed by atoms with van der Waals surface area (Å²) in [4.78, 5) is 8.20. The molecule has 0 saturated carbocycles. The van der Waals surface area contributed by atoms with E-state index in [0.717, 1.165) is 18.2 Å². The van der Waals surface area contributed by atoms with Gasteiger partial charge in [-0.2, -0.15) is 4.98 Å². The zero-order valence-corrected chi connectivity index (χ0v) is 10.6. The summed E-state index contributed by atoms with van der Waals surface area (Å²) in [7, 11) is 0. The lowest BCUT2D eigenvalue weighted by atomic mass is 10.3. The summed E-state index contributed by atoms with van der Waals surface area (Å²) < 4.78 is 31.4. The van der Waals surface area contributed by atoms with Crippen molar-refractivity contribution < 1.29 is 13.5 Å². The first-order valence-corrected chi connectivity index (χ1v) is 5.80. The van der Waals surface area contributed by atoms with Gasteiger partial charge in [-0.15, -0.1) is 0 Å². The second-order valence-electron chi connectivity index (χ2n) is 3.88. The largest absolute Gasteiger partial charge is 0.439 e. The van der Waals surface area contributed by atoms with E-state index in [0.29, 0.717) is 18.2 Å². The van der Waals surface area contributed by atoms with Crippen LogP contribution in [-0.4, -0.2) is 16.5 Å². The van der Waals surface area contributed by atoms with Crippen molar-refractivity contribution in [2.45, 2.75) is 13.8 Å². The lowest BCUT2D eigenvalue weighted by Gasteiger charge is -2.08. The molecule has 19 heavy (non-hydrogen) atoms. The van der Waals surface area contributed by atoms with Crippen LogP contribution in [-0.2, 0) is 0 Å². The Hall–Kier alpha value is -2.24. The highest BCUT2D eigenvalue weighted by Gasteiger charge is 2.06. The molecule has 2 aromatic rings. The number of halogens is 2. The quantitative estimate of drug-likeness (QED) is 0.921. The molecule has 0 atom stereocenters. The number of hydrogen-bond acceptors (Lipinski definition) is 4. The van der Waals surface area contributed by atoms with Crippen LogP contribution < -0.4 is 10.1 Å². The normalized spacial score (nSPS) is 10.3. The van der Waals surface area contributed by atoms with Gasteiger partial charge in [0.1, 0.15) is 29.0 Å². The van der Waals surface area contributed by atoms with E-state index in [1.165, 1.54) is 0 Å². The Bertz CT molecular complexity index is 570. The highest BCUT2D eigenvalue weighted by Crippen LogP contribution is 2.23. The van der Waals surface area contributed by atoms with Gasteiger partial charge in [-0.3, -0.25) is 0 Å². The first kappa shape index (κ1) is 13.2. The minimum atomic E-state index is -0.701. The molecular formula is C13H13F2N3O. The number of ether oxygens (including phenoxy) is 1. The summed E-state index contributed by atoms with van der Waals surface area (Å²) in [5.74, 6) is -0.0148. The summed E-state index contributed by atoms with van der Waals surface area (Å²) in [5.41, 5.74) is 0. The van der Waals surface area contributed by atoms with E-state index < -0.39 is 11.6 Å². The number of nitrogens with zero attached hydrogens (tertiary/aromatic N) is 2. The lowest BCUT2D eigenvalue weighted by Crippen LogP contribution is -2.02. The monoisotopic (exact) mass is 265 g/mol. The van der Waals surface area contributed by atoms with Crippen molar-refractivity contribution in [3.8, 4) is 11.6 Å². The van der Waals surface area contributed by atoms with Gasteiger partial charge in [0.05, 0.1) is 0 Å². The minimum Gasteiger partial charge on any atom is -0.439 e. The maximum absolute atomic E-state index is 13.0. The molecule has 1 aromatic heterocycles. The first-order chi connectivity index (χ1) is 9.06. The Morgan fingerprint density at radius 3 is 2.42 bits per heavy atom. The fourth-order valence-corrected chi connectivity index (χ4v) is 1.57. The second-order valence-corrected chi connectivity index (χ2v) is 3.88. The van der Waals surface area contributed by atoms with Crippen LogP contribution >= 0.6 is 0 Å². The summed E-state index contributed by atoms with van der Waals surface area (Å²) in [6.45, 7) is 4.34. The molecule has 0 bridgehead atoms. The van der Waals surface area contributed by atoms with Crippen LogP contribution in [0.3, 0.4) is 0 Å². The first-order valence-electron chi connectivity index (χ1n) is 5.80. The predicted octanol–water partition coefficient (Wildman–Crippen LogP) is 3.29. The van der Waals surface area contributed by atoms with Gasteiger partial charge in [0, 0.05) is 30.8 Å². The average molecular weight is 265 g/mol. The molecule has 0 unspecified atom stereocenters. The fourth-order valence-electron chi connectivity index (χ4n) is 1.57. The van der Waals surface area contributed by atoms with Crippen molar-refractivity contribution in [3.05, 3.63) is 41.7 Å². The number of aryl methyl sites for hydroxylation is 1. The Morgan fingerprint density at radius 2 is 1.79 bits per heavy atom. The van der Waals surface area contributed by atoms with Gasteiger partial charge in [0.15, 0.2) is 0 Å². The van der Waals surface area contributed by atoms with Gasteiger partial charge < -0.3 is 10.1 Å². The zero-order valence-electron chi connectivity index (χ0n) is 10.6. The molecule has 1 N–H and O–H groups in total. The van der Waals surface area contributed by atoms with Crippen LogP contribution in [0.5, 0.6) is 11.6 Å². The Balaban J connectivity index is 2.27. The van der Waals surface area contributed by atoms with Gasteiger partial charge >= 0.3 is 0 Å². The molecule has 0 amide bonds. The molecule has 6 heteroatoms. The minimum absolute atomic E-state index is 0.0537. The molecule has 0 radical (unpaired) electrons. The number of hydrogen-bond donors (Lipinski definition) is 1. The number of anilines is 1. The van der Waals surface area contributed by atoms with Gasteiger partial charge in [-0.1, -0.05) is 0 Å². The van der Waals surface area contributed by atoms with E-state index >= 15 is 0 Å². The Kier molecular flexibility index (Phi) is 3.89.